The molecular formula is C9H14N4O2. The molecule has 1 aliphatic heterocycles. The Morgan fingerprint density at radius 3 is 3.27 bits per heavy atom. The molecule has 1 amide bonds. The molecular weight excluding hydrogens is 196 g/mol. The van der Waals surface area contributed by atoms with Crippen LogP contribution in [0.5, 0.6) is 0 Å². The Balaban J connectivity index is 2.01. The van der Waals surface area contributed by atoms with Gasteiger partial charge in [0.2, 0.25) is 0 Å². The van der Waals surface area contributed by atoms with Crippen LogP contribution in [0.15, 0.2) is 6.20 Å². The Labute approximate surface area is 87.3 Å². The van der Waals surface area contributed by atoms with Crippen molar-refractivity contribution < 1.29 is 9.90 Å². The summed E-state index contributed by atoms with van der Waals surface area (Å²) in [5.41, 5.74) is 0.341. The summed E-state index contributed by atoms with van der Waals surface area (Å²) in [4.78, 5) is 13.6. The van der Waals surface area contributed by atoms with Gasteiger partial charge in [0.1, 0.15) is 0 Å². The van der Waals surface area contributed by atoms with Crippen molar-refractivity contribution in [2.45, 2.75) is 12.8 Å². The summed E-state index contributed by atoms with van der Waals surface area (Å²) in [7, 11) is 0. The molecule has 1 saturated heterocycles. The molecule has 6 nitrogen and oxygen atoms in total. The average Bonchev–Trinajstić information content (AvgIpc) is 2.81. The summed E-state index contributed by atoms with van der Waals surface area (Å²) in [5, 5.41) is 18.8. The number of piperidine rings is 1. The molecule has 1 unspecified atom stereocenters. The predicted molar refractivity (Wildman–Crippen MR) is 52.1 cm³/mol. The van der Waals surface area contributed by atoms with Crippen molar-refractivity contribution in [3.8, 4) is 0 Å². The third kappa shape index (κ3) is 2.15. The van der Waals surface area contributed by atoms with Crippen LogP contribution in [-0.2, 0) is 0 Å². The molecule has 6 heteroatoms. The lowest BCUT2D eigenvalue weighted by molar-refractivity contribution is 0.0615. The predicted octanol–water partition coefficient (Wildman–Crippen LogP) is -0.351. The van der Waals surface area contributed by atoms with Gasteiger partial charge in [0.05, 0.1) is 6.20 Å². The fourth-order valence-electron chi connectivity index (χ4n) is 1.87. The van der Waals surface area contributed by atoms with Crippen molar-refractivity contribution in [1.82, 2.24) is 20.3 Å². The Kier molecular flexibility index (Phi) is 2.96. The van der Waals surface area contributed by atoms with Crippen molar-refractivity contribution in [1.29, 1.82) is 0 Å². The molecule has 15 heavy (non-hydrogen) atoms. The van der Waals surface area contributed by atoms with E-state index in [0.717, 1.165) is 19.4 Å². The Hall–Kier alpha value is -1.43. The molecule has 82 valence electrons. The first-order valence-corrected chi connectivity index (χ1v) is 5.07. The van der Waals surface area contributed by atoms with E-state index in [1.807, 2.05) is 0 Å². The van der Waals surface area contributed by atoms with Crippen LogP contribution in [0.4, 0.5) is 0 Å². The van der Waals surface area contributed by atoms with Crippen molar-refractivity contribution in [3.05, 3.63) is 11.9 Å². The Bertz CT molecular complexity index is 325. The van der Waals surface area contributed by atoms with Crippen molar-refractivity contribution in [2.75, 3.05) is 19.7 Å². The summed E-state index contributed by atoms with van der Waals surface area (Å²) in [6.45, 7) is 1.49. The van der Waals surface area contributed by atoms with E-state index in [1.165, 1.54) is 6.20 Å². The molecule has 1 aliphatic rings. The van der Waals surface area contributed by atoms with Gasteiger partial charge in [-0.1, -0.05) is 0 Å². The molecule has 2 N–H and O–H groups in total. The number of hydrogen-bond acceptors (Lipinski definition) is 4. The van der Waals surface area contributed by atoms with E-state index in [4.69, 9.17) is 5.11 Å². The molecule has 0 aromatic carbocycles. The summed E-state index contributed by atoms with van der Waals surface area (Å²) >= 11 is 0. The third-order valence-electron chi connectivity index (χ3n) is 2.70. The number of aromatic amines is 1. The molecule has 0 saturated carbocycles. The Morgan fingerprint density at radius 2 is 2.60 bits per heavy atom. The standard InChI is InChI=1S/C9H14N4O2/c14-6-7-2-1-3-13(5-7)9(15)8-4-10-12-11-8/h4,7,14H,1-3,5-6H2,(H,10,11,12). The number of aliphatic hydroxyl groups excluding tert-OH is 1. The second kappa shape index (κ2) is 4.39. The van der Waals surface area contributed by atoms with Crippen molar-refractivity contribution in [3.63, 3.8) is 0 Å². The third-order valence-corrected chi connectivity index (χ3v) is 2.70. The number of rotatable bonds is 2. The lowest BCUT2D eigenvalue weighted by Crippen LogP contribution is -2.41. The number of likely N-dealkylation sites (tertiary alicyclic amines) is 1. The zero-order chi connectivity index (χ0) is 10.7. The van der Waals surface area contributed by atoms with E-state index in [0.29, 0.717) is 12.2 Å². The van der Waals surface area contributed by atoms with Crippen molar-refractivity contribution >= 4 is 5.91 Å². The van der Waals surface area contributed by atoms with E-state index >= 15 is 0 Å². The molecule has 1 fully saturated rings. The van der Waals surface area contributed by atoms with E-state index in [1.54, 1.807) is 4.90 Å². The van der Waals surface area contributed by atoms with Crippen LogP contribution in [-0.4, -0.2) is 51.0 Å². The number of H-pyrrole nitrogens is 1. The van der Waals surface area contributed by atoms with E-state index in [9.17, 15) is 4.79 Å². The fourth-order valence-corrected chi connectivity index (χ4v) is 1.87. The number of amides is 1. The maximum Gasteiger partial charge on any atom is 0.276 e. The second-order valence-corrected chi connectivity index (χ2v) is 3.80. The zero-order valence-corrected chi connectivity index (χ0v) is 8.39. The number of hydrogen-bond donors (Lipinski definition) is 2. The molecule has 2 heterocycles. The van der Waals surface area contributed by atoms with Crippen molar-refractivity contribution in [2.24, 2.45) is 5.92 Å². The molecule has 0 bridgehead atoms. The van der Waals surface area contributed by atoms with Gasteiger partial charge in [0, 0.05) is 19.7 Å². The van der Waals surface area contributed by atoms with Gasteiger partial charge in [0.15, 0.2) is 5.69 Å². The minimum atomic E-state index is -0.109. The fraction of sp³-hybridized carbons (Fsp3) is 0.667. The number of aliphatic hydroxyl groups is 1. The van der Waals surface area contributed by atoms with E-state index < -0.39 is 0 Å². The SMILES string of the molecule is O=C(c1cn[nH]n1)N1CCCC(CO)C1. The lowest BCUT2D eigenvalue weighted by atomic mass is 9.99. The zero-order valence-electron chi connectivity index (χ0n) is 8.39. The van der Waals surface area contributed by atoms with E-state index in [2.05, 4.69) is 15.4 Å². The molecule has 1 aromatic rings. The first kappa shape index (κ1) is 10.1. The highest BCUT2D eigenvalue weighted by Crippen LogP contribution is 2.17. The normalized spacial score (nSPS) is 21.7. The van der Waals surface area contributed by atoms with Gasteiger partial charge < -0.3 is 10.0 Å². The van der Waals surface area contributed by atoms with Crippen LogP contribution in [0, 0.1) is 5.92 Å². The molecule has 1 atom stereocenters. The van der Waals surface area contributed by atoms with Crippen LogP contribution >= 0.6 is 0 Å². The summed E-state index contributed by atoms with van der Waals surface area (Å²) in [5.74, 6) is 0.0940. The monoisotopic (exact) mass is 210 g/mol. The van der Waals surface area contributed by atoms with E-state index in [-0.39, 0.29) is 18.4 Å². The van der Waals surface area contributed by atoms with Crippen LogP contribution in [0.25, 0.3) is 0 Å². The topological polar surface area (TPSA) is 82.1 Å². The summed E-state index contributed by atoms with van der Waals surface area (Å²) < 4.78 is 0. The largest absolute Gasteiger partial charge is 0.396 e. The average molecular weight is 210 g/mol. The van der Waals surface area contributed by atoms with Crippen LogP contribution < -0.4 is 0 Å². The molecule has 0 aliphatic carbocycles. The van der Waals surface area contributed by atoms with Gasteiger partial charge in [-0.15, -0.1) is 0 Å². The Morgan fingerprint density at radius 1 is 1.73 bits per heavy atom. The maximum absolute atomic E-state index is 11.8. The molecule has 0 radical (unpaired) electrons. The molecule has 1 aromatic heterocycles. The second-order valence-electron chi connectivity index (χ2n) is 3.80. The highest BCUT2D eigenvalue weighted by atomic mass is 16.3. The van der Waals surface area contributed by atoms with Gasteiger partial charge >= 0.3 is 0 Å². The van der Waals surface area contributed by atoms with Gasteiger partial charge in [-0.3, -0.25) is 4.79 Å². The highest BCUT2D eigenvalue weighted by Gasteiger charge is 2.25. The van der Waals surface area contributed by atoms with Crippen LogP contribution in [0.2, 0.25) is 0 Å². The van der Waals surface area contributed by atoms with Gasteiger partial charge in [-0.2, -0.15) is 15.4 Å². The van der Waals surface area contributed by atoms with Crippen LogP contribution in [0.3, 0.4) is 0 Å². The maximum atomic E-state index is 11.8. The lowest BCUT2D eigenvalue weighted by Gasteiger charge is -2.31. The van der Waals surface area contributed by atoms with Crippen LogP contribution in [0.1, 0.15) is 23.3 Å². The molecule has 0 spiro atoms. The first-order valence-electron chi connectivity index (χ1n) is 5.07. The quantitative estimate of drug-likeness (QED) is 0.699. The number of nitrogens with one attached hydrogen (secondary N) is 1. The molecule has 2 rings (SSSR count). The number of nitrogens with zero attached hydrogens (tertiary/aromatic N) is 3. The minimum absolute atomic E-state index is 0.109. The summed E-state index contributed by atoms with van der Waals surface area (Å²) in [6.07, 6.45) is 3.35. The number of carbonyl (C=O) groups excluding carboxylic acids is 1. The smallest absolute Gasteiger partial charge is 0.276 e. The number of aromatic nitrogens is 3. The summed E-state index contributed by atoms with van der Waals surface area (Å²) in [6, 6.07) is 0. The number of carbonyl (C=O) groups is 1. The van der Waals surface area contributed by atoms with Gasteiger partial charge in [-0.25, -0.2) is 0 Å². The minimum Gasteiger partial charge on any atom is -0.396 e. The van der Waals surface area contributed by atoms with Gasteiger partial charge in [0.25, 0.3) is 5.91 Å². The first-order chi connectivity index (χ1) is 7.31. The highest BCUT2D eigenvalue weighted by molar-refractivity contribution is 5.91. The van der Waals surface area contributed by atoms with Gasteiger partial charge in [-0.05, 0) is 18.8 Å².